The Morgan fingerprint density at radius 3 is 3.00 bits per heavy atom. The SMILES string of the molecule is CC(C#N)CN(C)CCc1ccsc1. The van der Waals surface area contributed by atoms with E-state index in [2.05, 4.69) is 34.8 Å². The van der Waals surface area contributed by atoms with Crippen molar-refractivity contribution < 1.29 is 0 Å². The molecule has 0 bridgehead atoms. The molecular formula is C11H16N2S. The lowest BCUT2D eigenvalue weighted by Gasteiger charge is -2.16. The Labute approximate surface area is 89.8 Å². The third-order valence-electron chi connectivity index (χ3n) is 2.17. The molecule has 0 aromatic carbocycles. The molecule has 1 atom stereocenters. The Morgan fingerprint density at radius 1 is 1.64 bits per heavy atom. The van der Waals surface area contributed by atoms with E-state index in [0.29, 0.717) is 0 Å². The monoisotopic (exact) mass is 208 g/mol. The highest BCUT2D eigenvalue weighted by Gasteiger charge is 2.04. The van der Waals surface area contributed by atoms with E-state index in [-0.39, 0.29) is 5.92 Å². The normalized spacial score (nSPS) is 12.7. The molecule has 0 fully saturated rings. The average molecular weight is 208 g/mol. The number of likely N-dealkylation sites (N-methyl/N-ethyl adjacent to an activating group) is 1. The van der Waals surface area contributed by atoms with Gasteiger partial charge in [-0.2, -0.15) is 16.6 Å². The molecule has 0 radical (unpaired) electrons. The molecule has 0 saturated heterocycles. The van der Waals surface area contributed by atoms with Crippen LogP contribution >= 0.6 is 11.3 Å². The maximum Gasteiger partial charge on any atom is 0.0666 e. The summed E-state index contributed by atoms with van der Waals surface area (Å²) in [5.74, 6) is 0.127. The van der Waals surface area contributed by atoms with Crippen molar-refractivity contribution in [1.82, 2.24) is 4.90 Å². The van der Waals surface area contributed by atoms with Crippen LogP contribution in [0.1, 0.15) is 12.5 Å². The molecule has 0 aliphatic carbocycles. The van der Waals surface area contributed by atoms with Gasteiger partial charge in [-0.05, 0) is 42.8 Å². The van der Waals surface area contributed by atoms with Gasteiger partial charge in [-0.25, -0.2) is 0 Å². The van der Waals surface area contributed by atoms with Crippen LogP contribution in [0, 0.1) is 17.2 Å². The van der Waals surface area contributed by atoms with Crippen molar-refractivity contribution in [3.8, 4) is 6.07 Å². The van der Waals surface area contributed by atoms with Crippen LogP contribution in [-0.4, -0.2) is 25.0 Å². The van der Waals surface area contributed by atoms with E-state index in [1.54, 1.807) is 11.3 Å². The Kier molecular flexibility index (Phi) is 4.64. The number of hydrogen-bond donors (Lipinski definition) is 0. The molecule has 0 N–H and O–H groups in total. The summed E-state index contributed by atoms with van der Waals surface area (Å²) in [7, 11) is 2.07. The van der Waals surface area contributed by atoms with E-state index in [4.69, 9.17) is 5.26 Å². The average Bonchev–Trinajstić information content (AvgIpc) is 2.67. The highest BCUT2D eigenvalue weighted by Crippen LogP contribution is 2.07. The van der Waals surface area contributed by atoms with Gasteiger partial charge in [-0.15, -0.1) is 0 Å². The Bertz CT molecular complexity index is 287. The summed E-state index contributed by atoms with van der Waals surface area (Å²) in [5.41, 5.74) is 1.39. The molecule has 0 aliphatic rings. The fourth-order valence-electron chi connectivity index (χ4n) is 1.35. The van der Waals surface area contributed by atoms with Crippen LogP contribution in [0.5, 0.6) is 0 Å². The van der Waals surface area contributed by atoms with Crippen LogP contribution in [-0.2, 0) is 6.42 Å². The first-order valence-corrected chi connectivity index (χ1v) is 5.76. The summed E-state index contributed by atoms with van der Waals surface area (Å²) in [6, 6.07) is 4.41. The van der Waals surface area contributed by atoms with Gasteiger partial charge in [0.05, 0.1) is 12.0 Å². The second-order valence-corrected chi connectivity index (χ2v) is 4.45. The molecule has 76 valence electrons. The van der Waals surface area contributed by atoms with E-state index in [0.717, 1.165) is 19.5 Å². The molecule has 1 rings (SSSR count). The summed E-state index contributed by atoms with van der Waals surface area (Å²) in [4.78, 5) is 2.21. The second-order valence-electron chi connectivity index (χ2n) is 3.67. The van der Waals surface area contributed by atoms with Crippen molar-refractivity contribution in [2.45, 2.75) is 13.3 Å². The van der Waals surface area contributed by atoms with Crippen molar-refractivity contribution in [2.75, 3.05) is 20.1 Å². The summed E-state index contributed by atoms with van der Waals surface area (Å²) < 4.78 is 0. The van der Waals surface area contributed by atoms with Crippen LogP contribution in [0.3, 0.4) is 0 Å². The Hall–Kier alpha value is -0.850. The summed E-state index contributed by atoms with van der Waals surface area (Å²) in [6.07, 6.45) is 1.08. The highest BCUT2D eigenvalue weighted by atomic mass is 32.1. The molecular weight excluding hydrogens is 192 g/mol. The number of nitriles is 1. The summed E-state index contributed by atoms with van der Waals surface area (Å²) >= 11 is 1.74. The largest absolute Gasteiger partial charge is 0.305 e. The van der Waals surface area contributed by atoms with Crippen LogP contribution < -0.4 is 0 Å². The number of hydrogen-bond acceptors (Lipinski definition) is 3. The third-order valence-corrected chi connectivity index (χ3v) is 2.90. The van der Waals surface area contributed by atoms with E-state index < -0.39 is 0 Å². The van der Waals surface area contributed by atoms with Gasteiger partial charge in [-0.3, -0.25) is 0 Å². The lowest BCUT2D eigenvalue weighted by molar-refractivity contribution is 0.314. The first-order chi connectivity index (χ1) is 6.72. The van der Waals surface area contributed by atoms with Gasteiger partial charge in [0.15, 0.2) is 0 Å². The lowest BCUT2D eigenvalue weighted by Crippen LogP contribution is -2.25. The van der Waals surface area contributed by atoms with Gasteiger partial charge in [0.1, 0.15) is 0 Å². The van der Waals surface area contributed by atoms with Gasteiger partial charge in [0.25, 0.3) is 0 Å². The van der Waals surface area contributed by atoms with Crippen molar-refractivity contribution in [2.24, 2.45) is 5.92 Å². The fraction of sp³-hybridized carbons (Fsp3) is 0.545. The van der Waals surface area contributed by atoms with Crippen molar-refractivity contribution in [1.29, 1.82) is 5.26 Å². The van der Waals surface area contributed by atoms with Crippen molar-refractivity contribution >= 4 is 11.3 Å². The maximum absolute atomic E-state index is 8.66. The molecule has 1 aromatic heterocycles. The second kappa shape index (κ2) is 5.79. The Morgan fingerprint density at radius 2 is 2.43 bits per heavy atom. The first kappa shape index (κ1) is 11.2. The van der Waals surface area contributed by atoms with Crippen molar-refractivity contribution in [3.05, 3.63) is 22.4 Å². The van der Waals surface area contributed by atoms with Gasteiger partial charge in [0.2, 0.25) is 0 Å². The minimum atomic E-state index is 0.127. The summed E-state index contributed by atoms with van der Waals surface area (Å²) in [5, 5.41) is 12.9. The zero-order valence-electron chi connectivity index (χ0n) is 8.73. The number of rotatable bonds is 5. The molecule has 3 heteroatoms. The molecule has 0 saturated carbocycles. The quantitative estimate of drug-likeness (QED) is 0.743. The zero-order valence-corrected chi connectivity index (χ0v) is 9.55. The number of thiophene rings is 1. The molecule has 0 amide bonds. The minimum Gasteiger partial charge on any atom is -0.305 e. The topological polar surface area (TPSA) is 27.0 Å². The van der Waals surface area contributed by atoms with Gasteiger partial charge >= 0.3 is 0 Å². The fourth-order valence-corrected chi connectivity index (χ4v) is 2.06. The van der Waals surface area contributed by atoms with Gasteiger partial charge in [-0.1, -0.05) is 0 Å². The minimum absolute atomic E-state index is 0.127. The van der Waals surface area contributed by atoms with E-state index >= 15 is 0 Å². The van der Waals surface area contributed by atoms with Crippen LogP contribution in [0.2, 0.25) is 0 Å². The van der Waals surface area contributed by atoms with E-state index in [1.165, 1.54) is 5.56 Å². The molecule has 0 aliphatic heterocycles. The molecule has 1 aromatic rings. The first-order valence-electron chi connectivity index (χ1n) is 4.81. The van der Waals surface area contributed by atoms with Crippen molar-refractivity contribution in [3.63, 3.8) is 0 Å². The lowest BCUT2D eigenvalue weighted by atomic mass is 10.2. The molecule has 2 nitrogen and oxygen atoms in total. The zero-order chi connectivity index (χ0) is 10.4. The van der Waals surface area contributed by atoms with Crippen LogP contribution in [0.25, 0.3) is 0 Å². The molecule has 0 spiro atoms. The van der Waals surface area contributed by atoms with E-state index in [9.17, 15) is 0 Å². The summed E-state index contributed by atoms with van der Waals surface area (Å²) in [6.45, 7) is 3.85. The third kappa shape index (κ3) is 3.91. The Balaban J connectivity index is 2.22. The molecule has 1 unspecified atom stereocenters. The predicted molar refractivity (Wildman–Crippen MR) is 60.3 cm³/mol. The number of nitrogens with zero attached hydrogens (tertiary/aromatic N) is 2. The van der Waals surface area contributed by atoms with Crippen LogP contribution in [0.15, 0.2) is 16.8 Å². The molecule has 1 heterocycles. The smallest absolute Gasteiger partial charge is 0.0666 e. The van der Waals surface area contributed by atoms with Gasteiger partial charge in [0, 0.05) is 13.1 Å². The molecule has 14 heavy (non-hydrogen) atoms. The highest BCUT2D eigenvalue weighted by molar-refractivity contribution is 7.07. The predicted octanol–water partition coefficient (Wildman–Crippen LogP) is 2.38. The maximum atomic E-state index is 8.66. The van der Waals surface area contributed by atoms with Gasteiger partial charge < -0.3 is 4.90 Å². The van der Waals surface area contributed by atoms with E-state index in [1.807, 2.05) is 6.92 Å². The van der Waals surface area contributed by atoms with Crippen LogP contribution in [0.4, 0.5) is 0 Å². The standard InChI is InChI=1S/C11H16N2S/c1-10(7-12)8-13(2)5-3-11-4-6-14-9-11/h4,6,9-10H,3,5,8H2,1-2H3.